The number of hydrogen-bond acceptors (Lipinski definition) is 2. The average Bonchev–Trinajstić information content (AvgIpc) is 2.40. The third kappa shape index (κ3) is 3.00. The molecule has 0 heterocycles. The van der Waals surface area contributed by atoms with Crippen LogP contribution in [-0.4, -0.2) is 11.7 Å². The highest BCUT2D eigenvalue weighted by Crippen LogP contribution is 2.24. The van der Waals surface area contributed by atoms with E-state index in [-0.39, 0.29) is 12.4 Å². The van der Waals surface area contributed by atoms with Crippen LogP contribution < -0.4 is 5.32 Å². The lowest BCUT2D eigenvalue weighted by atomic mass is 10.1. The second-order valence-corrected chi connectivity index (χ2v) is 4.35. The lowest BCUT2D eigenvalue weighted by molar-refractivity contribution is 0.274. The van der Waals surface area contributed by atoms with Gasteiger partial charge in [0.05, 0.1) is 12.6 Å². The smallest absolute Gasteiger partial charge is 0.128 e. The molecule has 0 radical (unpaired) electrons. The molecule has 2 nitrogen and oxygen atoms in total. The molecule has 0 amide bonds. The summed E-state index contributed by atoms with van der Waals surface area (Å²) in [7, 11) is 0. The van der Waals surface area contributed by atoms with Gasteiger partial charge in [-0.1, -0.05) is 29.8 Å². The van der Waals surface area contributed by atoms with Crippen LogP contribution in [-0.2, 0) is 0 Å². The van der Waals surface area contributed by atoms with E-state index in [1.54, 1.807) is 0 Å². The number of para-hydroxylation sites is 1. The maximum atomic E-state index is 13.7. The van der Waals surface area contributed by atoms with E-state index in [0.717, 1.165) is 5.69 Å². The number of aliphatic hydroxyl groups excluding tert-OH is 1. The van der Waals surface area contributed by atoms with Crippen LogP contribution in [0.15, 0.2) is 48.5 Å². The summed E-state index contributed by atoms with van der Waals surface area (Å²) in [5.74, 6) is -0.387. The van der Waals surface area contributed by atoms with Crippen molar-refractivity contribution in [3.8, 4) is 0 Å². The predicted molar refractivity (Wildman–Crippen MR) is 71.3 cm³/mol. The van der Waals surface area contributed by atoms with Crippen molar-refractivity contribution in [1.29, 1.82) is 0 Å². The summed E-state index contributed by atoms with van der Waals surface area (Å²) in [6.07, 6.45) is 0. The Morgan fingerprint density at radius 2 is 1.89 bits per heavy atom. The lowest BCUT2D eigenvalue weighted by Crippen LogP contribution is -2.16. The zero-order valence-electron chi connectivity index (χ0n) is 9.61. The number of aliphatic hydroxyl groups is 1. The van der Waals surface area contributed by atoms with Crippen molar-refractivity contribution < 1.29 is 9.50 Å². The molecule has 18 heavy (non-hydrogen) atoms. The first-order chi connectivity index (χ1) is 8.70. The van der Waals surface area contributed by atoms with Crippen LogP contribution in [0.5, 0.6) is 0 Å². The Morgan fingerprint density at radius 1 is 1.17 bits per heavy atom. The van der Waals surface area contributed by atoms with Crippen LogP contribution in [0.4, 0.5) is 10.1 Å². The molecule has 1 unspecified atom stereocenters. The van der Waals surface area contributed by atoms with Crippen molar-refractivity contribution in [2.24, 2.45) is 0 Å². The number of halogens is 2. The Morgan fingerprint density at radius 3 is 2.56 bits per heavy atom. The average molecular weight is 266 g/mol. The molecule has 2 N–H and O–H groups in total. The minimum Gasteiger partial charge on any atom is -0.394 e. The highest BCUT2D eigenvalue weighted by Gasteiger charge is 2.15. The standard InChI is InChI=1S/C14H13ClFNO/c15-10-6-7-13(16)12(8-10)14(9-18)17-11-4-2-1-3-5-11/h1-8,14,17-18H,9H2. The Bertz CT molecular complexity index is 518. The van der Waals surface area contributed by atoms with E-state index in [0.29, 0.717) is 10.6 Å². The maximum Gasteiger partial charge on any atom is 0.128 e. The normalized spacial score (nSPS) is 12.2. The molecular formula is C14H13ClFNO. The van der Waals surface area contributed by atoms with E-state index >= 15 is 0 Å². The minimum atomic E-state index is -0.522. The van der Waals surface area contributed by atoms with Gasteiger partial charge < -0.3 is 10.4 Å². The summed E-state index contributed by atoms with van der Waals surface area (Å²) in [5, 5.41) is 12.9. The molecule has 0 spiro atoms. The molecule has 2 rings (SSSR count). The van der Waals surface area contributed by atoms with Gasteiger partial charge in [0.2, 0.25) is 0 Å². The third-order valence-corrected chi connectivity index (χ3v) is 2.87. The summed E-state index contributed by atoms with van der Waals surface area (Å²) < 4.78 is 13.7. The van der Waals surface area contributed by atoms with Gasteiger partial charge in [0, 0.05) is 16.3 Å². The van der Waals surface area contributed by atoms with Crippen molar-refractivity contribution in [1.82, 2.24) is 0 Å². The number of anilines is 1. The first kappa shape index (κ1) is 12.9. The highest BCUT2D eigenvalue weighted by atomic mass is 35.5. The van der Waals surface area contributed by atoms with Crippen LogP contribution in [0, 0.1) is 5.82 Å². The molecule has 0 aromatic heterocycles. The number of hydrogen-bond donors (Lipinski definition) is 2. The molecule has 0 aliphatic carbocycles. The van der Waals surface area contributed by atoms with Crippen LogP contribution in [0.25, 0.3) is 0 Å². The topological polar surface area (TPSA) is 32.3 Å². The summed E-state index contributed by atoms with van der Waals surface area (Å²) in [4.78, 5) is 0. The van der Waals surface area contributed by atoms with Gasteiger partial charge in [-0.25, -0.2) is 4.39 Å². The van der Waals surface area contributed by atoms with Gasteiger partial charge in [-0.05, 0) is 30.3 Å². The van der Waals surface area contributed by atoms with Crippen molar-refractivity contribution in [2.75, 3.05) is 11.9 Å². The van der Waals surface area contributed by atoms with Gasteiger partial charge in [0.1, 0.15) is 5.82 Å². The summed E-state index contributed by atoms with van der Waals surface area (Å²) in [5.41, 5.74) is 1.17. The van der Waals surface area contributed by atoms with E-state index in [4.69, 9.17) is 11.6 Å². The Kier molecular flexibility index (Phi) is 4.18. The van der Waals surface area contributed by atoms with Crippen molar-refractivity contribution in [2.45, 2.75) is 6.04 Å². The molecule has 0 aliphatic heterocycles. The summed E-state index contributed by atoms with van der Waals surface area (Å²) in [6, 6.07) is 13.1. The van der Waals surface area contributed by atoms with E-state index in [1.807, 2.05) is 30.3 Å². The van der Waals surface area contributed by atoms with Gasteiger partial charge in [0.25, 0.3) is 0 Å². The minimum absolute atomic E-state index is 0.216. The second kappa shape index (κ2) is 5.85. The number of rotatable bonds is 4. The molecule has 0 bridgehead atoms. The fraction of sp³-hybridized carbons (Fsp3) is 0.143. The van der Waals surface area contributed by atoms with Gasteiger partial charge in [-0.2, -0.15) is 0 Å². The fourth-order valence-corrected chi connectivity index (χ4v) is 1.92. The Labute approximate surface area is 110 Å². The van der Waals surface area contributed by atoms with Crippen LogP contribution >= 0.6 is 11.6 Å². The first-order valence-corrected chi connectivity index (χ1v) is 5.96. The molecule has 4 heteroatoms. The molecule has 0 fully saturated rings. The fourth-order valence-electron chi connectivity index (χ4n) is 1.74. The molecule has 2 aromatic rings. The summed E-state index contributed by atoms with van der Waals surface area (Å²) >= 11 is 5.84. The Hall–Kier alpha value is -1.58. The van der Waals surface area contributed by atoms with Crippen LogP contribution in [0.1, 0.15) is 11.6 Å². The number of nitrogens with one attached hydrogen (secondary N) is 1. The van der Waals surface area contributed by atoms with Crippen molar-refractivity contribution in [3.63, 3.8) is 0 Å². The molecule has 1 atom stereocenters. The van der Waals surface area contributed by atoms with Crippen LogP contribution in [0.2, 0.25) is 5.02 Å². The molecule has 0 saturated heterocycles. The van der Waals surface area contributed by atoms with E-state index < -0.39 is 6.04 Å². The highest BCUT2D eigenvalue weighted by molar-refractivity contribution is 6.30. The van der Waals surface area contributed by atoms with Gasteiger partial charge >= 0.3 is 0 Å². The largest absolute Gasteiger partial charge is 0.394 e. The molecule has 2 aromatic carbocycles. The lowest BCUT2D eigenvalue weighted by Gasteiger charge is -2.18. The van der Waals surface area contributed by atoms with Crippen molar-refractivity contribution >= 4 is 17.3 Å². The summed E-state index contributed by atoms with van der Waals surface area (Å²) in [6.45, 7) is -0.216. The van der Waals surface area contributed by atoms with E-state index in [1.165, 1.54) is 18.2 Å². The quantitative estimate of drug-likeness (QED) is 0.885. The first-order valence-electron chi connectivity index (χ1n) is 5.58. The van der Waals surface area contributed by atoms with E-state index in [9.17, 15) is 9.50 Å². The molecule has 94 valence electrons. The van der Waals surface area contributed by atoms with Gasteiger partial charge in [-0.15, -0.1) is 0 Å². The third-order valence-electron chi connectivity index (χ3n) is 2.63. The van der Waals surface area contributed by atoms with Gasteiger partial charge in [-0.3, -0.25) is 0 Å². The Balaban J connectivity index is 2.26. The second-order valence-electron chi connectivity index (χ2n) is 3.91. The van der Waals surface area contributed by atoms with Crippen molar-refractivity contribution in [3.05, 3.63) is 64.9 Å². The van der Waals surface area contributed by atoms with E-state index in [2.05, 4.69) is 5.32 Å². The van der Waals surface area contributed by atoms with Gasteiger partial charge in [0.15, 0.2) is 0 Å². The maximum absolute atomic E-state index is 13.7. The predicted octanol–water partition coefficient (Wildman–Crippen LogP) is 3.62. The zero-order chi connectivity index (χ0) is 13.0. The molecular weight excluding hydrogens is 253 g/mol. The SMILES string of the molecule is OCC(Nc1ccccc1)c1cc(Cl)ccc1F. The monoisotopic (exact) mass is 265 g/mol. The number of benzene rings is 2. The molecule has 0 aliphatic rings. The zero-order valence-corrected chi connectivity index (χ0v) is 10.4. The van der Waals surface area contributed by atoms with Crippen LogP contribution in [0.3, 0.4) is 0 Å². The molecule has 0 saturated carbocycles.